The van der Waals surface area contributed by atoms with Crippen molar-refractivity contribution in [3.63, 3.8) is 0 Å². The highest BCUT2D eigenvalue weighted by molar-refractivity contribution is 14.1. The highest BCUT2D eigenvalue weighted by Crippen LogP contribution is 2.37. The quantitative estimate of drug-likeness (QED) is 0.270. The first-order valence-corrected chi connectivity index (χ1v) is 8.47. The van der Waals surface area contributed by atoms with Crippen molar-refractivity contribution in [2.24, 2.45) is 0 Å². The molecular weight excluding hydrogens is 489 g/mol. The summed E-state index contributed by atoms with van der Waals surface area (Å²) in [7, 11) is 0. The van der Waals surface area contributed by atoms with Gasteiger partial charge in [-0.1, -0.05) is 6.07 Å². The number of hydrogen-bond acceptors (Lipinski definition) is 2. The lowest BCUT2D eigenvalue weighted by molar-refractivity contribution is -0.143. The van der Waals surface area contributed by atoms with Crippen molar-refractivity contribution in [1.82, 2.24) is 9.78 Å². The number of carbonyl (C=O) groups is 1. The van der Waals surface area contributed by atoms with Gasteiger partial charge >= 0.3 is 12.4 Å². The van der Waals surface area contributed by atoms with Crippen molar-refractivity contribution < 1.29 is 31.1 Å². The smallest absolute Gasteiger partial charge is 0.298 e. The van der Waals surface area contributed by atoms with Gasteiger partial charge in [-0.2, -0.15) is 31.4 Å². The minimum absolute atomic E-state index is 0.108. The molecule has 0 bridgehead atoms. The summed E-state index contributed by atoms with van der Waals surface area (Å²) in [4.78, 5) is 10.9. The number of aromatic nitrogens is 2. The SMILES string of the molecule is O=Cc1ccc2c(c1)c(I)nn2Cc1ccc(C(F)(F)F)cc1C(F)(F)F. The predicted octanol–water partition coefficient (Wildman–Crippen LogP) is 5.54. The Balaban J connectivity index is 2.10. The van der Waals surface area contributed by atoms with Gasteiger partial charge < -0.3 is 0 Å². The molecule has 3 nitrogen and oxygen atoms in total. The Hall–Kier alpha value is -2.11. The molecule has 27 heavy (non-hydrogen) atoms. The lowest BCUT2D eigenvalue weighted by Crippen LogP contribution is -2.15. The van der Waals surface area contributed by atoms with E-state index in [2.05, 4.69) is 5.10 Å². The molecule has 1 heterocycles. The fourth-order valence-electron chi connectivity index (χ4n) is 2.67. The van der Waals surface area contributed by atoms with Gasteiger partial charge in [0.05, 0.1) is 23.2 Å². The molecule has 0 N–H and O–H groups in total. The van der Waals surface area contributed by atoms with Crippen molar-refractivity contribution >= 4 is 39.8 Å². The summed E-state index contributed by atoms with van der Waals surface area (Å²) in [5.41, 5.74) is -2.21. The first-order chi connectivity index (χ1) is 12.5. The van der Waals surface area contributed by atoms with Crippen LogP contribution in [0.4, 0.5) is 26.3 Å². The van der Waals surface area contributed by atoms with Crippen molar-refractivity contribution in [1.29, 1.82) is 0 Å². The van der Waals surface area contributed by atoms with Crippen LogP contribution in [0.3, 0.4) is 0 Å². The minimum atomic E-state index is -4.95. The second-order valence-electron chi connectivity index (χ2n) is 5.71. The third kappa shape index (κ3) is 3.94. The maximum Gasteiger partial charge on any atom is 0.416 e. The maximum atomic E-state index is 13.3. The van der Waals surface area contributed by atoms with Gasteiger partial charge in [0.25, 0.3) is 0 Å². The van der Waals surface area contributed by atoms with Gasteiger partial charge in [-0.05, 0) is 58.5 Å². The molecule has 2 aromatic carbocycles. The van der Waals surface area contributed by atoms with Crippen LogP contribution in [0.1, 0.15) is 27.0 Å². The molecule has 0 aliphatic heterocycles. The summed E-state index contributed by atoms with van der Waals surface area (Å²) >= 11 is 1.88. The molecule has 0 spiro atoms. The second-order valence-corrected chi connectivity index (χ2v) is 6.73. The van der Waals surface area contributed by atoms with Gasteiger partial charge in [0.2, 0.25) is 0 Å². The third-order valence-electron chi connectivity index (χ3n) is 3.93. The first kappa shape index (κ1) is 19.6. The molecule has 3 rings (SSSR count). The number of halogens is 7. The van der Waals surface area contributed by atoms with Crippen molar-refractivity contribution in [3.8, 4) is 0 Å². The molecule has 0 aliphatic carbocycles. The van der Waals surface area contributed by atoms with Crippen molar-refractivity contribution in [3.05, 3.63) is 62.4 Å². The molecule has 0 amide bonds. The van der Waals surface area contributed by atoms with Crippen LogP contribution >= 0.6 is 22.6 Å². The molecule has 0 saturated heterocycles. The summed E-state index contributed by atoms with van der Waals surface area (Å²) in [5.74, 6) is 0. The van der Waals surface area contributed by atoms with Crippen LogP contribution in [-0.4, -0.2) is 16.1 Å². The Labute approximate surface area is 162 Å². The van der Waals surface area contributed by atoms with Gasteiger partial charge in [0.15, 0.2) is 0 Å². The van der Waals surface area contributed by atoms with Crippen LogP contribution in [0.25, 0.3) is 10.9 Å². The molecule has 0 unspecified atom stereocenters. The summed E-state index contributed by atoms with van der Waals surface area (Å²) in [6, 6.07) is 6.10. The van der Waals surface area contributed by atoms with Crippen LogP contribution < -0.4 is 0 Å². The fourth-order valence-corrected chi connectivity index (χ4v) is 3.36. The van der Waals surface area contributed by atoms with E-state index in [0.29, 0.717) is 32.5 Å². The molecule has 1 aromatic heterocycles. The Bertz CT molecular complexity index is 1020. The van der Waals surface area contributed by atoms with Gasteiger partial charge in [0.1, 0.15) is 9.99 Å². The zero-order chi connectivity index (χ0) is 20.0. The van der Waals surface area contributed by atoms with Crippen molar-refractivity contribution in [2.75, 3.05) is 0 Å². The molecule has 3 aromatic rings. The molecule has 0 saturated carbocycles. The highest BCUT2D eigenvalue weighted by Gasteiger charge is 2.38. The predicted molar refractivity (Wildman–Crippen MR) is 93.4 cm³/mol. The molecule has 142 valence electrons. The monoisotopic (exact) mass is 498 g/mol. The Kier molecular flexibility index (Phi) is 4.95. The van der Waals surface area contributed by atoms with E-state index in [1.165, 1.54) is 16.8 Å². The van der Waals surface area contributed by atoms with Crippen molar-refractivity contribution in [2.45, 2.75) is 18.9 Å². The van der Waals surface area contributed by atoms with Crippen LogP contribution in [0, 0.1) is 3.70 Å². The first-order valence-electron chi connectivity index (χ1n) is 7.39. The van der Waals surface area contributed by atoms with Gasteiger partial charge in [-0.25, -0.2) is 0 Å². The number of fused-ring (bicyclic) bond motifs is 1. The number of alkyl halides is 6. The van der Waals surface area contributed by atoms with Crippen LogP contribution in [0.15, 0.2) is 36.4 Å². The van der Waals surface area contributed by atoms with E-state index >= 15 is 0 Å². The molecule has 0 radical (unpaired) electrons. The maximum absolute atomic E-state index is 13.3. The van der Waals surface area contributed by atoms with E-state index < -0.39 is 23.5 Å². The minimum Gasteiger partial charge on any atom is -0.298 e. The number of hydrogen-bond donors (Lipinski definition) is 0. The standard InChI is InChI=1S/C17H9F6IN2O/c18-16(19,20)11-3-2-10(13(6-11)17(21,22)23)7-26-14-4-1-9(8-27)5-12(14)15(24)25-26/h1-6,8H,7H2. The van der Waals surface area contributed by atoms with Gasteiger partial charge in [-0.3, -0.25) is 9.48 Å². The topological polar surface area (TPSA) is 34.9 Å². The number of aldehydes is 1. The van der Waals surface area contributed by atoms with E-state index in [9.17, 15) is 31.1 Å². The lowest BCUT2D eigenvalue weighted by Gasteiger charge is -2.16. The molecule has 0 fully saturated rings. The number of rotatable bonds is 3. The largest absolute Gasteiger partial charge is 0.416 e. The van der Waals surface area contributed by atoms with Crippen LogP contribution in [-0.2, 0) is 18.9 Å². The Morgan fingerprint density at radius 2 is 1.70 bits per heavy atom. The second kappa shape index (κ2) is 6.80. The molecule has 10 heteroatoms. The normalized spacial score (nSPS) is 12.6. The third-order valence-corrected chi connectivity index (χ3v) is 4.73. The van der Waals surface area contributed by atoms with E-state index in [1.807, 2.05) is 22.6 Å². The Morgan fingerprint density at radius 3 is 2.30 bits per heavy atom. The number of nitrogens with zero attached hydrogens (tertiary/aromatic N) is 2. The molecule has 0 aliphatic rings. The van der Waals surface area contributed by atoms with Crippen LogP contribution in [0.2, 0.25) is 0 Å². The Morgan fingerprint density at radius 1 is 1.00 bits per heavy atom. The summed E-state index contributed by atoms with van der Waals surface area (Å²) in [5, 5.41) is 4.72. The average Bonchev–Trinajstić information content (AvgIpc) is 2.88. The average molecular weight is 498 g/mol. The van der Waals surface area contributed by atoms with Crippen LogP contribution in [0.5, 0.6) is 0 Å². The van der Waals surface area contributed by atoms with E-state index in [-0.39, 0.29) is 18.2 Å². The highest BCUT2D eigenvalue weighted by atomic mass is 127. The lowest BCUT2D eigenvalue weighted by atomic mass is 10.0. The fraction of sp³-hybridized carbons (Fsp3) is 0.176. The zero-order valence-corrected chi connectivity index (χ0v) is 15.4. The number of benzene rings is 2. The summed E-state index contributed by atoms with van der Waals surface area (Å²) < 4.78 is 80.0. The zero-order valence-electron chi connectivity index (χ0n) is 13.2. The van der Waals surface area contributed by atoms with E-state index in [4.69, 9.17) is 0 Å². The molecule has 0 atom stereocenters. The van der Waals surface area contributed by atoms with E-state index in [0.717, 1.165) is 6.07 Å². The summed E-state index contributed by atoms with van der Waals surface area (Å²) in [6.45, 7) is -0.368. The van der Waals surface area contributed by atoms with E-state index in [1.54, 1.807) is 6.07 Å². The molecular formula is C17H9F6IN2O. The number of carbonyl (C=O) groups excluding carboxylic acids is 1. The summed E-state index contributed by atoms with van der Waals surface area (Å²) in [6.07, 6.45) is -9.20. The van der Waals surface area contributed by atoms with Gasteiger partial charge in [0, 0.05) is 10.9 Å². The van der Waals surface area contributed by atoms with Gasteiger partial charge in [-0.15, -0.1) is 0 Å².